The van der Waals surface area contributed by atoms with E-state index < -0.39 is 211 Å². The maximum absolute atomic E-state index is 14.9. The number of imidazole rings is 2. The second kappa shape index (κ2) is 41.6. The number of aromatic nitrogens is 4. The van der Waals surface area contributed by atoms with Crippen molar-refractivity contribution in [1.82, 2.24) is 93.5 Å². The molecule has 2 bridgehead atoms. The maximum atomic E-state index is 14.9. The second-order valence-corrected chi connectivity index (χ2v) is 31.4. The van der Waals surface area contributed by atoms with Gasteiger partial charge < -0.3 is 105 Å². The fraction of sp³-hybridized carbons (Fsp3) is 0.656. The van der Waals surface area contributed by atoms with Crippen LogP contribution in [0.15, 0.2) is 25.0 Å². The maximum Gasteiger partial charge on any atom is 0.248 e. The second-order valence-electron chi connectivity index (χ2n) is 25.3. The number of primary amides is 1. The Kier molecular flexibility index (Phi) is 33.9. The Morgan fingerprint density at radius 3 is 1.57 bits per heavy atom. The molecule has 15 amide bonds. The molecular weight excluding hydrogens is 1450 g/mol. The molecule has 0 aromatic carbocycles. The summed E-state index contributed by atoms with van der Waals surface area (Å²) in [4.78, 5) is 231. The van der Waals surface area contributed by atoms with Gasteiger partial charge in [-0.05, 0) is 62.9 Å². The molecule has 0 spiro atoms. The van der Waals surface area contributed by atoms with E-state index in [1.165, 1.54) is 48.6 Å². The van der Waals surface area contributed by atoms with Gasteiger partial charge in [-0.3, -0.25) is 71.9 Å². The topological polar surface area (TPSA) is 557 Å². The van der Waals surface area contributed by atoms with E-state index in [0.29, 0.717) is 17.8 Å². The Bertz CT molecular complexity index is 3310. The van der Waals surface area contributed by atoms with E-state index in [2.05, 4.69) is 83.7 Å². The van der Waals surface area contributed by atoms with Gasteiger partial charge in [0, 0.05) is 72.7 Å². The van der Waals surface area contributed by atoms with Crippen LogP contribution < -0.4 is 75.3 Å². The van der Waals surface area contributed by atoms with Crippen molar-refractivity contribution < 1.29 is 82.1 Å². The fourth-order valence-electron chi connectivity index (χ4n) is 11.3. The van der Waals surface area contributed by atoms with Crippen LogP contribution in [0.1, 0.15) is 84.5 Å². The van der Waals surface area contributed by atoms with Crippen LogP contribution in [0.2, 0.25) is 0 Å². The summed E-state index contributed by atoms with van der Waals surface area (Å²) in [6, 6.07) is -20.9. The number of hydrogen-bond donors (Lipinski definition) is 18. The van der Waals surface area contributed by atoms with Crippen LogP contribution in [0.25, 0.3) is 0 Å². The minimum atomic E-state index is -1.83. The highest BCUT2D eigenvalue weighted by atomic mass is 33.1. The number of hydrogen-bond acceptors (Lipinski definition) is 25. The van der Waals surface area contributed by atoms with Crippen molar-refractivity contribution in [3.63, 3.8) is 0 Å². The van der Waals surface area contributed by atoms with Gasteiger partial charge in [0.25, 0.3) is 0 Å². The van der Waals surface area contributed by atoms with Gasteiger partial charge in [-0.25, -0.2) is 9.97 Å². The van der Waals surface area contributed by atoms with Crippen molar-refractivity contribution >= 4 is 144 Å². The Morgan fingerprint density at radius 2 is 1.05 bits per heavy atom. The molecular formula is C61H94N20O17S5. The third kappa shape index (κ3) is 24.6. The summed E-state index contributed by atoms with van der Waals surface area (Å²) in [5.74, 6) is -16.3. The molecule has 570 valence electrons. The van der Waals surface area contributed by atoms with Crippen LogP contribution in [-0.2, 0) is 84.8 Å². The summed E-state index contributed by atoms with van der Waals surface area (Å²) in [7, 11) is 3.52. The summed E-state index contributed by atoms with van der Waals surface area (Å²) in [6.45, 7) is 5.22. The van der Waals surface area contributed by atoms with E-state index in [4.69, 9.17) is 11.5 Å². The lowest BCUT2D eigenvalue weighted by Gasteiger charge is -2.31. The molecule has 6 rings (SSSR count). The summed E-state index contributed by atoms with van der Waals surface area (Å²) < 4.78 is 0. The number of nitrogens with one attached hydrogen (secondary N) is 14. The van der Waals surface area contributed by atoms with Crippen molar-refractivity contribution in [1.29, 1.82) is 0 Å². The summed E-state index contributed by atoms with van der Waals surface area (Å²) in [5.41, 5.74) is 12.2. The van der Waals surface area contributed by atoms with Gasteiger partial charge >= 0.3 is 0 Å². The highest BCUT2D eigenvalue weighted by Crippen LogP contribution is 2.27. The van der Waals surface area contributed by atoms with Gasteiger partial charge in [0.2, 0.25) is 88.6 Å². The Balaban J connectivity index is 1.45. The number of H-pyrrole nitrogens is 2. The molecule has 37 nitrogen and oxygen atoms in total. The van der Waals surface area contributed by atoms with Crippen molar-refractivity contribution in [2.45, 2.75) is 171 Å². The number of aromatic amines is 2. The number of thioether (sulfide) groups is 1. The molecule has 0 aliphatic carbocycles. The van der Waals surface area contributed by atoms with E-state index in [0.717, 1.165) is 48.1 Å². The first-order valence-corrected chi connectivity index (χ1v) is 39.9. The summed E-state index contributed by atoms with van der Waals surface area (Å²) >= 11 is 1.32. The van der Waals surface area contributed by atoms with Gasteiger partial charge in [0.15, 0.2) is 0 Å². The van der Waals surface area contributed by atoms with Crippen LogP contribution in [0, 0.1) is 11.8 Å². The lowest BCUT2D eigenvalue weighted by molar-refractivity contribution is -0.143. The summed E-state index contributed by atoms with van der Waals surface area (Å²) in [6.07, 6.45) is 7.60. The van der Waals surface area contributed by atoms with E-state index in [1.54, 1.807) is 34.0 Å². The molecule has 2 aromatic heterocycles. The SMILES string of the molecule is CC[C@H](C)[C@@H]1NC(=O)[C@@H]2CCCN2C(=O)[C@H](CO)NC(=O)[C@H](CCSC)NC(=O)[C@H](C)NC(=O)[C@H](Cc2cnc[nH]2)NC(=O)[C@@H]2CSSC[C@H](NC(=O)CN)C(=O)N[C@@H](CSSC[C@@H](C(N)=O)NC1=O)C(=O)N[C@@H](CO)C(=O)N[C@@H](Cc1cnc[nH]1)C(=O)N1CCC[C@H]1C(=O)N[C@@H](C(C)C)C(=O)N2. The number of aliphatic hydroxyl groups is 2. The Labute approximate surface area is 614 Å². The molecule has 0 unspecified atom stereocenters. The predicted octanol–water partition coefficient (Wildman–Crippen LogP) is -6.59. The van der Waals surface area contributed by atoms with Gasteiger partial charge in [-0.15, -0.1) is 0 Å². The van der Waals surface area contributed by atoms with Crippen molar-refractivity contribution in [2.24, 2.45) is 23.3 Å². The lowest BCUT2D eigenvalue weighted by Crippen LogP contribution is -2.62. The van der Waals surface area contributed by atoms with Crippen LogP contribution in [0.4, 0.5) is 0 Å². The molecule has 42 heteroatoms. The predicted molar refractivity (Wildman–Crippen MR) is 382 cm³/mol. The molecule has 2 aromatic rings. The highest BCUT2D eigenvalue weighted by molar-refractivity contribution is 8.77. The minimum absolute atomic E-state index is 0.00379. The van der Waals surface area contributed by atoms with Crippen LogP contribution in [0.5, 0.6) is 0 Å². The number of nitrogens with two attached hydrogens (primary N) is 2. The number of fused-ring (bicyclic) bond motifs is 10. The smallest absolute Gasteiger partial charge is 0.248 e. The molecule has 0 radical (unpaired) electrons. The number of carbonyl (C=O) groups is 15. The monoisotopic (exact) mass is 1540 g/mol. The zero-order valence-corrected chi connectivity index (χ0v) is 61.9. The van der Waals surface area contributed by atoms with Crippen molar-refractivity contribution in [3.8, 4) is 0 Å². The molecule has 15 atom stereocenters. The fourth-order valence-corrected chi connectivity index (χ4v) is 16.4. The van der Waals surface area contributed by atoms with E-state index in [9.17, 15) is 82.1 Å². The first-order chi connectivity index (χ1) is 49.1. The first-order valence-electron chi connectivity index (χ1n) is 33.5. The normalized spacial score (nSPS) is 28.7. The van der Waals surface area contributed by atoms with Crippen LogP contribution in [-0.4, -0.2) is 281 Å². The third-order valence-corrected chi connectivity index (χ3v) is 22.9. The number of carbonyl (C=O) groups excluding carboxylic acids is 15. The number of nitrogens with zero attached hydrogens (tertiary/aromatic N) is 4. The number of amides is 15. The van der Waals surface area contributed by atoms with Crippen molar-refractivity contribution in [2.75, 3.05) is 67.9 Å². The molecule has 0 saturated carbocycles. The van der Waals surface area contributed by atoms with Crippen LogP contribution in [0.3, 0.4) is 0 Å². The quantitative estimate of drug-likeness (QED) is 0.0737. The minimum Gasteiger partial charge on any atom is -0.394 e. The largest absolute Gasteiger partial charge is 0.394 e. The van der Waals surface area contributed by atoms with E-state index in [1.807, 2.05) is 0 Å². The molecule has 4 aliphatic rings. The first kappa shape index (κ1) is 84.0. The molecule has 4 saturated heterocycles. The van der Waals surface area contributed by atoms with Gasteiger partial charge in [0.05, 0.1) is 32.4 Å². The Morgan fingerprint density at radius 1 is 0.573 bits per heavy atom. The van der Waals surface area contributed by atoms with Gasteiger partial charge in [-0.1, -0.05) is 77.3 Å². The number of aliphatic hydroxyl groups excluding tert-OH is 2. The lowest BCUT2D eigenvalue weighted by atomic mass is 9.97. The average Bonchev–Trinajstić information content (AvgIpc) is 1.73. The molecule has 4 aliphatic heterocycles. The van der Waals surface area contributed by atoms with Gasteiger partial charge in [0.1, 0.15) is 84.6 Å². The highest BCUT2D eigenvalue weighted by Gasteiger charge is 2.44. The molecule has 6 heterocycles. The molecule has 4 fully saturated rings. The van der Waals surface area contributed by atoms with Crippen molar-refractivity contribution in [3.05, 3.63) is 36.4 Å². The van der Waals surface area contributed by atoms with E-state index in [-0.39, 0.29) is 81.0 Å². The zero-order valence-electron chi connectivity index (χ0n) is 57.8. The van der Waals surface area contributed by atoms with Gasteiger partial charge in [-0.2, -0.15) is 11.8 Å². The molecule has 20 N–H and O–H groups in total. The van der Waals surface area contributed by atoms with Crippen LogP contribution >= 0.6 is 54.9 Å². The third-order valence-electron chi connectivity index (χ3n) is 17.4. The standard InChI is InChI=1S/C61H94N20O17S5/c1-7-30(4)47-59(96)75-39(48(63)85)23-100-102-25-41-55(92)73-37(21-82)52(89)72-36(17-33-20-65-28-67-33)60(97)80-13-8-10-43(80)56(93)78-46(29(2)3)58(95)77-42(26-103-101-24-40(53(90)76-41)69-45(84)18-62)54(91)71-35(16-32-19-64-27-66-32)51(88)68-31(5)49(86)70-34(12-15-99-6)50(87)74-38(22-83)61(98)81-14-9-11-44(81)57(94)79-47/h19-20,27-31,34-44,46-47,82-83H,7-18,21-26,62H2,1-6H3,(H2,63,85)(H,64,66)(H,65,67)(H,68,88)(H,69,84)(H,70,86)(H,71,91)(H,72,89)(H,73,92)(H,74,87)(H,75,96)(H,76,90)(H,77,95)(H,78,93)(H,79,94)/t30-,31-,34-,35-,36-,37-,38-,39-,40-,41-,42-,43-,44-,46-,47-/m0/s1. The number of rotatable bonds is 15. The summed E-state index contributed by atoms with van der Waals surface area (Å²) in [5, 5.41) is 52.5. The molecule has 103 heavy (non-hydrogen) atoms. The average molecular weight is 1540 g/mol. The van der Waals surface area contributed by atoms with E-state index >= 15 is 0 Å². The Hall–Kier alpha value is -7.90. The zero-order chi connectivity index (χ0) is 75.6.